The van der Waals surface area contributed by atoms with Crippen molar-refractivity contribution >= 4 is 26.5 Å². The molecule has 0 saturated heterocycles. The first-order chi connectivity index (χ1) is 8.07. The average Bonchev–Trinajstić information content (AvgIpc) is 2.41. The van der Waals surface area contributed by atoms with Gasteiger partial charge in [0.25, 0.3) is 0 Å². The molecule has 0 spiro atoms. The maximum absolute atomic E-state index is 3.69. The topological polar surface area (TPSA) is 0 Å². The minimum absolute atomic E-state index is 1.43. The van der Waals surface area contributed by atoms with Gasteiger partial charge >= 0.3 is 115 Å². The van der Waals surface area contributed by atoms with E-state index in [9.17, 15) is 0 Å². The second-order valence-corrected chi connectivity index (χ2v) is 26.8. The average molecular weight is 358 g/mol. The van der Waals surface area contributed by atoms with Gasteiger partial charge in [0.1, 0.15) is 0 Å². The molecule has 0 rings (SSSR count). The molecule has 0 aromatic rings. The molecule has 0 unspecified atom stereocenters. The first-order valence-electron chi connectivity index (χ1n) is 7.52. The van der Waals surface area contributed by atoms with E-state index >= 15 is 0 Å². The Balaban J connectivity index is 5.00. The van der Waals surface area contributed by atoms with Gasteiger partial charge in [0.05, 0.1) is 0 Å². The molecule has 17 heavy (non-hydrogen) atoms. The molecule has 2 heteroatoms. The van der Waals surface area contributed by atoms with Crippen molar-refractivity contribution in [1.82, 2.24) is 0 Å². The van der Waals surface area contributed by atoms with Crippen molar-refractivity contribution in [2.24, 2.45) is 0 Å². The molecule has 0 N–H and O–H groups in total. The third-order valence-electron chi connectivity index (χ3n) is 5.00. The third kappa shape index (κ3) is 5.00. The Labute approximate surface area is 115 Å². The number of rotatable bonds is 8. The van der Waals surface area contributed by atoms with Crippen molar-refractivity contribution in [2.75, 3.05) is 0 Å². The normalized spacial score (nSPS) is 12.1. The molecule has 100 valence electrons. The van der Waals surface area contributed by atoms with Gasteiger partial charge in [-0.2, -0.15) is 0 Å². The summed E-state index contributed by atoms with van der Waals surface area (Å²) in [5, 5.41) is 8.57. The Bertz CT molecular complexity index is 214. The first kappa shape index (κ1) is 17.6. The van der Waals surface area contributed by atoms with E-state index in [2.05, 4.69) is 57.1 Å². The quantitative estimate of drug-likeness (QED) is 0.381. The van der Waals surface area contributed by atoms with E-state index in [1.807, 2.05) is 0 Å². The second kappa shape index (κ2) is 8.66. The standard InChI is InChI=1S/C15H32Ge2/c1-7-16(8-2,9-3)14-13-15-17(10-4,11-5)12-6/h14-15H,7-12H2,1-6H3. The molecular formula is C15H32Ge2. The third-order valence-corrected chi connectivity index (χ3v) is 26.0. The summed E-state index contributed by atoms with van der Waals surface area (Å²) < 4.78 is 0. The monoisotopic (exact) mass is 360 g/mol. The van der Waals surface area contributed by atoms with Gasteiger partial charge in [-0.1, -0.05) is 0 Å². The summed E-state index contributed by atoms with van der Waals surface area (Å²) in [6.45, 7) is 14.3. The van der Waals surface area contributed by atoms with E-state index in [0.29, 0.717) is 0 Å². The Morgan fingerprint density at radius 3 is 1.00 bits per heavy atom. The van der Waals surface area contributed by atoms with Crippen molar-refractivity contribution in [1.29, 1.82) is 0 Å². The molecule has 0 nitrogen and oxygen atoms in total. The summed E-state index contributed by atoms with van der Waals surface area (Å²) >= 11 is -3.23. The van der Waals surface area contributed by atoms with Gasteiger partial charge in [0.15, 0.2) is 0 Å². The van der Waals surface area contributed by atoms with Crippen LogP contribution in [0.4, 0.5) is 0 Å². The van der Waals surface area contributed by atoms with Crippen molar-refractivity contribution < 1.29 is 0 Å². The molecule has 0 atom stereocenters. The SMILES string of the molecule is C[CH2][Ge]([CH]=C=[CH][Ge]([CH2]C)([CH2]C)[CH2]C)([CH2]C)[CH2]C. The van der Waals surface area contributed by atoms with E-state index in [4.69, 9.17) is 0 Å². The molecule has 0 radical (unpaired) electrons. The zero-order chi connectivity index (χ0) is 13.4. The van der Waals surface area contributed by atoms with Crippen LogP contribution in [0.25, 0.3) is 0 Å². The molecule has 0 fully saturated rings. The van der Waals surface area contributed by atoms with E-state index in [1.165, 1.54) is 31.5 Å². The van der Waals surface area contributed by atoms with E-state index in [1.54, 1.807) is 0 Å². The molecule has 0 aromatic carbocycles. The fraction of sp³-hybridized carbons (Fsp3) is 0.800. The van der Waals surface area contributed by atoms with Crippen LogP contribution in [-0.4, -0.2) is 26.5 Å². The molecule has 0 saturated carbocycles. The first-order valence-corrected chi connectivity index (χ1v) is 18.8. The summed E-state index contributed by atoms with van der Waals surface area (Å²) in [5.74, 6) is 0. The molecule has 0 bridgehead atoms. The van der Waals surface area contributed by atoms with Crippen molar-refractivity contribution in [3.05, 3.63) is 15.5 Å². The van der Waals surface area contributed by atoms with E-state index in [0.717, 1.165) is 0 Å². The van der Waals surface area contributed by atoms with Gasteiger partial charge in [-0.05, 0) is 0 Å². The van der Waals surface area contributed by atoms with Gasteiger partial charge in [0.2, 0.25) is 0 Å². The van der Waals surface area contributed by atoms with Crippen LogP contribution in [0.15, 0.2) is 15.5 Å². The Morgan fingerprint density at radius 1 is 0.588 bits per heavy atom. The van der Waals surface area contributed by atoms with Crippen LogP contribution in [0.5, 0.6) is 0 Å². The van der Waals surface area contributed by atoms with Crippen LogP contribution in [0, 0.1) is 0 Å². The second-order valence-electron chi connectivity index (χ2n) is 5.30. The fourth-order valence-corrected chi connectivity index (χ4v) is 13.9. The van der Waals surface area contributed by atoms with Crippen LogP contribution in [0.2, 0.25) is 31.5 Å². The van der Waals surface area contributed by atoms with E-state index < -0.39 is 26.5 Å². The van der Waals surface area contributed by atoms with Gasteiger partial charge in [-0.3, -0.25) is 0 Å². The Morgan fingerprint density at radius 2 is 0.824 bits per heavy atom. The fourth-order valence-electron chi connectivity index (χ4n) is 2.51. The van der Waals surface area contributed by atoms with Gasteiger partial charge in [-0.15, -0.1) is 0 Å². The summed E-state index contributed by atoms with van der Waals surface area (Å²) in [5.41, 5.74) is 3.69. The summed E-state index contributed by atoms with van der Waals surface area (Å²) in [4.78, 5) is 5.14. The van der Waals surface area contributed by atoms with Gasteiger partial charge < -0.3 is 0 Å². The van der Waals surface area contributed by atoms with Crippen LogP contribution in [0.3, 0.4) is 0 Å². The van der Waals surface area contributed by atoms with E-state index in [-0.39, 0.29) is 0 Å². The Hall–Kier alpha value is 0.606. The molecule has 0 aliphatic heterocycles. The van der Waals surface area contributed by atoms with Crippen LogP contribution < -0.4 is 0 Å². The zero-order valence-corrected chi connectivity index (χ0v) is 17.1. The van der Waals surface area contributed by atoms with Gasteiger partial charge in [-0.25, -0.2) is 0 Å². The summed E-state index contributed by atoms with van der Waals surface area (Å²) in [7, 11) is 0. The molecule has 0 heterocycles. The molecule has 0 amide bonds. The van der Waals surface area contributed by atoms with Crippen molar-refractivity contribution in [3.8, 4) is 0 Å². The van der Waals surface area contributed by atoms with Crippen LogP contribution in [0.1, 0.15) is 41.5 Å². The van der Waals surface area contributed by atoms with Gasteiger partial charge in [0, 0.05) is 0 Å². The zero-order valence-electron chi connectivity index (χ0n) is 12.9. The van der Waals surface area contributed by atoms with Crippen LogP contribution in [-0.2, 0) is 0 Å². The maximum atomic E-state index is 3.69. The summed E-state index contributed by atoms with van der Waals surface area (Å²) in [6.07, 6.45) is 0. The summed E-state index contributed by atoms with van der Waals surface area (Å²) in [6, 6.07) is 0. The van der Waals surface area contributed by atoms with Crippen molar-refractivity contribution in [3.63, 3.8) is 0 Å². The van der Waals surface area contributed by atoms with Crippen LogP contribution >= 0.6 is 0 Å². The minimum atomic E-state index is -1.62. The van der Waals surface area contributed by atoms with Crippen molar-refractivity contribution in [2.45, 2.75) is 73.1 Å². The Kier molecular flexibility index (Phi) is 8.97. The number of hydrogen-bond donors (Lipinski definition) is 0. The molecule has 0 aromatic heterocycles. The molecule has 0 aliphatic carbocycles. The molecular weight excluding hydrogens is 325 g/mol. The predicted octanol–water partition coefficient (Wildman–Crippen LogP) is 5.79. The molecule has 0 aliphatic rings. The number of hydrogen-bond acceptors (Lipinski definition) is 0. The predicted molar refractivity (Wildman–Crippen MR) is 87.0 cm³/mol.